The highest BCUT2D eigenvalue weighted by atomic mass is 16.3. The van der Waals surface area contributed by atoms with E-state index in [-0.39, 0.29) is 6.10 Å². The molecule has 0 aromatic carbocycles. The number of nitrogens with zero attached hydrogens (tertiary/aromatic N) is 6. The van der Waals surface area contributed by atoms with Gasteiger partial charge in [0.2, 0.25) is 11.9 Å². The number of rotatable bonds is 6. The molecule has 182 valence electrons. The van der Waals surface area contributed by atoms with Gasteiger partial charge in [-0.2, -0.15) is 0 Å². The van der Waals surface area contributed by atoms with Gasteiger partial charge in [0.05, 0.1) is 17.8 Å². The lowest BCUT2D eigenvalue weighted by Crippen LogP contribution is -2.34. The molecule has 8 nitrogen and oxygen atoms in total. The molecule has 5 rings (SSSR count). The first-order chi connectivity index (χ1) is 16.5. The Morgan fingerprint density at radius 1 is 1.09 bits per heavy atom. The molecule has 1 saturated carbocycles. The lowest BCUT2D eigenvalue weighted by atomic mass is 9.84. The lowest BCUT2D eigenvalue weighted by molar-refractivity contribution is 0.121. The summed E-state index contributed by atoms with van der Waals surface area (Å²) in [6.07, 6.45) is 10.6. The van der Waals surface area contributed by atoms with Crippen LogP contribution in [0.15, 0.2) is 24.5 Å². The lowest BCUT2D eigenvalue weighted by Gasteiger charge is -2.32. The van der Waals surface area contributed by atoms with Crippen molar-refractivity contribution < 1.29 is 5.11 Å². The van der Waals surface area contributed by atoms with Crippen molar-refractivity contribution in [3.63, 3.8) is 0 Å². The molecule has 0 bridgehead atoms. The molecule has 0 radical (unpaired) electrons. The van der Waals surface area contributed by atoms with Gasteiger partial charge in [0, 0.05) is 42.6 Å². The molecule has 3 aromatic rings. The van der Waals surface area contributed by atoms with Crippen molar-refractivity contribution in [3.05, 3.63) is 41.5 Å². The van der Waals surface area contributed by atoms with Crippen LogP contribution in [0.5, 0.6) is 0 Å². The van der Waals surface area contributed by atoms with Gasteiger partial charge in [0.25, 0.3) is 0 Å². The first-order valence-corrected chi connectivity index (χ1v) is 12.9. The summed E-state index contributed by atoms with van der Waals surface area (Å²) in [6.45, 7) is 8.23. The number of fused-ring (bicyclic) bond motifs is 1. The van der Waals surface area contributed by atoms with E-state index < -0.39 is 0 Å². The third kappa shape index (κ3) is 4.73. The molecule has 1 saturated heterocycles. The molecule has 4 heterocycles. The maximum atomic E-state index is 10.0. The molecule has 0 spiro atoms. The molecule has 1 atom stereocenters. The highest BCUT2D eigenvalue weighted by Gasteiger charge is 2.29. The minimum Gasteiger partial charge on any atom is -0.393 e. The Kier molecular flexibility index (Phi) is 6.68. The maximum Gasteiger partial charge on any atom is 0.241 e. The van der Waals surface area contributed by atoms with Crippen molar-refractivity contribution in [3.8, 4) is 0 Å². The number of hydrogen-bond donors (Lipinski definition) is 2. The summed E-state index contributed by atoms with van der Waals surface area (Å²) in [6, 6.07) is 4.66. The van der Waals surface area contributed by atoms with E-state index in [1.165, 1.54) is 11.3 Å². The highest BCUT2D eigenvalue weighted by Crippen LogP contribution is 2.39. The Labute approximate surface area is 201 Å². The zero-order chi connectivity index (χ0) is 23.7. The molecular formula is C26H37N7O. The SMILES string of the molecule is CCC(C)Nc1ncc2c(C3CCN(c4nccc(C)n4)CC3)cc(C3CCC(O)CC3)n2n1. The number of piperidine rings is 1. The molecule has 0 amide bonds. The third-order valence-corrected chi connectivity index (χ3v) is 7.68. The van der Waals surface area contributed by atoms with Crippen LogP contribution in [-0.2, 0) is 0 Å². The minimum atomic E-state index is -0.160. The second-order valence-electron chi connectivity index (χ2n) is 10.1. The minimum absolute atomic E-state index is 0.160. The monoisotopic (exact) mass is 463 g/mol. The van der Waals surface area contributed by atoms with Crippen LogP contribution in [0.3, 0.4) is 0 Å². The Balaban J connectivity index is 1.42. The predicted molar refractivity (Wildman–Crippen MR) is 135 cm³/mol. The summed E-state index contributed by atoms with van der Waals surface area (Å²) in [7, 11) is 0. The number of hydrogen-bond acceptors (Lipinski definition) is 7. The van der Waals surface area contributed by atoms with E-state index in [1.54, 1.807) is 0 Å². The van der Waals surface area contributed by atoms with E-state index in [4.69, 9.17) is 5.10 Å². The maximum absolute atomic E-state index is 10.0. The Morgan fingerprint density at radius 2 is 1.85 bits per heavy atom. The van der Waals surface area contributed by atoms with Crippen molar-refractivity contribution in [1.82, 2.24) is 24.6 Å². The average Bonchev–Trinajstić information content (AvgIpc) is 3.23. The molecule has 1 unspecified atom stereocenters. The van der Waals surface area contributed by atoms with E-state index in [2.05, 4.69) is 49.6 Å². The van der Waals surface area contributed by atoms with Crippen molar-refractivity contribution in [2.75, 3.05) is 23.3 Å². The van der Waals surface area contributed by atoms with Crippen LogP contribution in [0.1, 0.15) is 87.6 Å². The number of nitrogens with one attached hydrogen (secondary N) is 1. The van der Waals surface area contributed by atoms with Gasteiger partial charge in [-0.15, -0.1) is 5.10 Å². The predicted octanol–water partition coefficient (Wildman–Crippen LogP) is 4.44. The van der Waals surface area contributed by atoms with Gasteiger partial charge in [-0.1, -0.05) is 6.92 Å². The second-order valence-corrected chi connectivity index (χ2v) is 10.1. The Bertz CT molecular complexity index is 1110. The second kappa shape index (κ2) is 9.86. The van der Waals surface area contributed by atoms with Gasteiger partial charge < -0.3 is 15.3 Å². The van der Waals surface area contributed by atoms with Gasteiger partial charge in [-0.25, -0.2) is 19.5 Å². The van der Waals surface area contributed by atoms with Crippen molar-refractivity contribution >= 4 is 17.4 Å². The number of aryl methyl sites for hydroxylation is 1. The van der Waals surface area contributed by atoms with E-state index >= 15 is 0 Å². The number of aliphatic hydroxyl groups is 1. The van der Waals surface area contributed by atoms with Gasteiger partial charge in [0.15, 0.2) is 0 Å². The zero-order valence-electron chi connectivity index (χ0n) is 20.6. The zero-order valence-corrected chi connectivity index (χ0v) is 20.6. The van der Waals surface area contributed by atoms with E-state index in [0.717, 1.165) is 75.2 Å². The van der Waals surface area contributed by atoms with E-state index in [0.29, 0.717) is 23.8 Å². The first kappa shape index (κ1) is 23.0. The standard InChI is InChI=1S/C26H37N7O/c1-4-17(2)29-25-28-16-24-22(15-23(33(24)31-25)20-5-7-21(34)8-6-20)19-10-13-32(14-11-19)26-27-12-9-18(3)30-26/h9,12,15-17,19-21,34H,4-8,10-11,13-14H2,1-3H3,(H,29,31). The fourth-order valence-corrected chi connectivity index (χ4v) is 5.40. The molecule has 1 aliphatic heterocycles. The molecule has 2 fully saturated rings. The van der Waals surface area contributed by atoms with Crippen LogP contribution in [0, 0.1) is 6.92 Å². The van der Waals surface area contributed by atoms with Crippen LogP contribution in [0.4, 0.5) is 11.9 Å². The molecule has 3 aromatic heterocycles. The third-order valence-electron chi connectivity index (χ3n) is 7.68. The highest BCUT2D eigenvalue weighted by molar-refractivity contribution is 5.59. The van der Waals surface area contributed by atoms with Crippen LogP contribution in [0.25, 0.3) is 5.52 Å². The molecule has 8 heteroatoms. The smallest absolute Gasteiger partial charge is 0.241 e. The van der Waals surface area contributed by atoms with Crippen molar-refractivity contribution in [2.45, 2.75) is 89.7 Å². The summed E-state index contributed by atoms with van der Waals surface area (Å²) in [5.41, 5.74) is 4.77. The van der Waals surface area contributed by atoms with Crippen LogP contribution in [-0.4, -0.2) is 54.9 Å². The molecule has 1 aliphatic carbocycles. The van der Waals surface area contributed by atoms with Crippen LogP contribution < -0.4 is 10.2 Å². The fraction of sp³-hybridized carbons (Fsp3) is 0.615. The largest absolute Gasteiger partial charge is 0.393 e. The van der Waals surface area contributed by atoms with Crippen LogP contribution in [0.2, 0.25) is 0 Å². The van der Waals surface area contributed by atoms with Crippen molar-refractivity contribution in [2.24, 2.45) is 0 Å². The fourth-order valence-electron chi connectivity index (χ4n) is 5.40. The number of aliphatic hydroxyl groups excluding tert-OH is 1. The Morgan fingerprint density at radius 3 is 2.56 bits per heavy atom. The molecule has 2 aliphatic rings. The topological polar surface area (TPSA) is 91.5 Å². The molecule has 34 heavy (non-hydrogen) atoms. The van der Waals surface area contributed by atoms with Gasteiger partial charge in [-0.3, -0.25) is 0 Å². The molecular weight excluding hydrogens is 426 g/mol. The normalized spacial score (nSPS) is 22.8. The summed E-state index contributed by atoms with van der Waals surface area (Å²) >= 11 is 0. The number of aromatic nitrogens is 5. The molecule has 2 N–H and O–H groups in total. The van der Waals surface area contributed by atoms with E-state index in [1.807, 2.05) is 25.4 Å². The van der Waals surface area contributed by atoms with Crippen molar-refractivity contribution in [1.29, 1.82) is 0 Å². The van der Waals surface area contributed by atoms with Gasteiger partial charge in [0.1, 0.15) is 0 Å². The quantitative estimate of drug-likeness (QED) is 0.558. The summed E-state index contributed by atoms with van der Waals surface area (Å²) in [5, 5.41) is 18.4. The summed E-state index contributed by atoms with van der Waals surface area (Å²) < 4.78 is 2.14. The van der Waals surface area contributed by atoms with Gasteiger partial charge >= 0.3 is 0 Å². The summed E-state index contributed by atoms with van der Waals surface area (Å²) in [4.78, 5) is 16.1. The first-order valence-electron chi connectivity index (χ1n) is 12.9. The number of anilines is 2. The van der Waals surface area contributed by atoms with Crippen LogP contribution >= 0.6 is 0 Å². The summed E-state index contributed by atoms with van der Waals surface area (Å²) in [5.74, 6) is 2.42. The Hall–Kier alpha value is -2.74. The van der Waals surface area contributed by atoms with Gasteiger partial charge in [-0.05, 0) is 82.4 Å². The van der Waals surface area contributed by atoms with E-state index in [9.17, 15) is 5.11 Å². The average molecular weight is 464 g/mol.